The molecular weight excluding hydrogens is 576 g/mol. The Morgan fingerprint density at radius 2 is 1.55 bits per heavy atom. The lowest BCUT2D eigenvalue weighted by Gasteiger charge is -2.32. The number of fused-ring (bicyclic) bond motifs is 4. The summed E-state index contributed by atoms with van der Waals surface area (Å²) < 4.78 is 11.7. The monoisotopic (exact) mass is 596 g/mol. The molecule has 7 rings (SSSR count). The standard InChI is InChI=1S/C31H21BrN2O6/c32-20-8-6-18(7-9-20)29(36)27-26-25(22-14-19(12-13-33(22)27)28(35)17-4-2-1-3-5-17)30(37)34(31(26)38)21-10-11-23-24(15-21)40-16-39-23/h1-15,22,25-27H,16H2. The minimum atomic E-state index is -0.939. The Morgan fingerprint density at radius 3 is 2.33 bits per heavy atom. The van der Waals surface area contributed by atoms with Gasteiger partial charge in [-0.15, -0.1) is 0 Å². The highest BCUT2D eigenvalue weighted by molar-refractivity contribution is 9.10. The van der Waals surface area contributed by atoms with E-state index in [1.54, 1.807) is 90.0 Å². The second-order valence-electron chi connectivity index (χ2n) is 9.99. The topological polar surface area (TPSA) is 93.2 Å². The van der Waals surface area contributed by atoms with Crippen LogP contribution in [0.25, 0.3) is 0 Å². The van der Waals surface area contributed by atoms with Crippen molar-refractivity contribution >= 4 is 45.0 Å². The zero-order valence-corrected chi connectivity index (χ0v) is 22.5. The number of Topliss-reactive ketones (excluding diaryl/α,β-unsaturated/α-hetero) is 2. The third kappa shape index (κ3) is 3.72. The van der Waals surface area contributed by atoms with Crippen molar-refractivity contribution in [2.75, 3.05) is 11.7 Å². The Morgan fingerprint density at radius 1 is 0.825 bits per heavy atom. The first kappa shape index (κ1) is 24.5. The highest BCUT2D eigenvalue weighted by atomic mass is 79.9. The number of halogens is 1. The third-order valence-corrected chi connectivity index (χ3v) is 8.39. The molecule has 40 heavy (non-hydrogen) atoms. The maximum Gasteiger partial charge on any atom is 0.240 e. The van der Waals surface area contributed by atoms with E-state index < -0.39 is 35.7 Å². The number of ether oxygens (including phenoxy) is 2. The van der Waals surface area contributed by atoms with Gasteiger partial charge in [0.2, 0.25) is 18.6 Å². The van der Waals surface area contributed by atoms with Crippen molar-refractivity contribution in [2.24, 2.45) is 11.8 Å². The lowest BCUT2D eigenvalue weighted by Crippen LogP contribution is -2.46. The molecule has 0 radical (unpaired) electrons. The van der Waals surface area contributed by atoms with Gasteiger partial charge in [0.1, 0.15) is 6.04 Å². The maximum absolute atomic E-state index is 14.0. The van der Waals surface area contributed by atoms with Crippen molar-refractivity contribution in [1.29, 1.82) is 0 Å². The molecule has 0 saturated carbocycles. The van der Waals surface area contributed by atoms with Crippen LogP contribution in [0, 0.1) is 11.8 Å². The molecule has 2 amide bonds. The lowest BCUT2D eigenvalue weighted by molar-refractivity contribution is -0.123. The van der Waals surface area contributed by atoms with Crippen LogP contribution in [0.4, 0.5) is 5.69 Å². The van der Waals surface area contributed by atoms with Crippen LogP contribution in [0.5, 0.6) is 11.5 Å². The molecule has 0 aliphatic carbocycles. The Hall–Kier alpha value is -4.50. The molecule has 4 atom stereocenters. The van der Waals surface area contributed by atoms with Gasteiger partial charge in [0.15, 0.2) is 23.1 Å². The van der Waals surface area contributed by atoms with Gasteiger partial charge in [-0.25, -0.2) is 4.90 Å². The molecular formula is C31H21BrN2O6. The number of ketones is 2. The number of rotatable bonds is 5. The molecule has 2 fully saturated rings. The van der Waals surface area contributed by atoms with E-state index in [9.17, 15) is 19.2 Å². The summed E-state index contributed by atoms with van der Waals surface area (Å²) in [7, 11) is 0. The first-order valence-electron chi connectivity index (χ1n) is 12.8. The number of nitrogens with zero attached hydrogens (tertiary/aromatic N) is 2. The van der Waals surface area contributed by atoms with E-state index >= 15 is 0 Å². The predicted molar refractivity (Wildman–Crippen MR) is 148 cm³/mol. The highest BCUT2D eigenvalue weighted by Gasteiger charge is 2.63. The summed E-state index contributed by atoms with van der Waals surface area (Å²) >= 11 is 3.39. The Bertz CT molecular complexity index is 1650. The minimum absolute atomic E-state index is 0.0576. The van der Waals surface area contributed by atoms with E-state index in [1.165, 1.54) is 0 Å². The maximum atomic E-state index is 14.0. The van der Waals surface area contributed by atoms with Crippen LogP contribution in [0.2, 0.25) is 0 Å². The molecule has 3 aromatic carbocycles. The van der Waals surface area contributed by atoms with Gasteiger partial charge in [-0.2, -0.15) is 0 Å². The van der Waals surface area contributed by atoms with Crippen LogP contribution in [0.15, 0.2) is 101 Å². The Labute approximate surface area is 237 Å². The van der Waals surface area contributed by atoms with Crippen molar-refractivity contribution in [3.05, 3.63) is 112 Å². The van der Waals surface area contributed by atoms with Crippen LogP contribution >= 0.6 is 15.9 Å². The number of carbonyl (C=O) groups is 4. The number of carbonyl (C=O) groups excluding carboxylic acids is 4. The van der Waals surface area contributed by atoms with Gasteiger partial charge in [-0.3, -0.25) is 19.2 Å². The summed E-state index contributed by atoms with van der Waals surface area (Å²) in [6.45, 7) is 0.0576. The molecule has 9 heteroatoms. The molecule has 0 bridgehead atoms. The molecule has 4 aliphatic heterocycles. The first-order chi connectivity index (χ1) is 19.4. The Kier molecular flexibility index (Phi) is 5.71. The first-order valence-corrected chi connectivity index (χ1v) is 13.6. The SMILES string of the molecule is O=C(C1=CC2C3C(=O)N(c4ccc5c(c4)OCO5)C(=O)C3C(C(=O)c3ccc(Br)cc3)N2C=C1)c1ccccc1. The summed E-state index contributed by atoms with van der Waals surface area (Å²) in [4.78, 5) is 58.1. The number of amides is 2. The number of anilines is 1. The van der Waals surface area contributed by atoms with Crippen molar-refractivity contribution < 1.29 is 28.7 Å². The molecule has 4 aliphatic rings. The number of allylic oxidation sites excluding steroid dienone is 2. The molecule has 4 heterocycles. The average molecular weight is 597 g/mol. The number of imide groups is 1. The number of hydrogen-bond donors (Lipinski definition) is 0. The second kappa shape index (κ2) is 9.31. The summed E-state index contributed by atoms with van der Waals surface area (Å²) in [6, 6.07) is 19.1. The van der Waals surface area contributed by atoms with E-state index in [4.69, 9.17) is 9.47 Å². The van der Waals surface area contributed by atoms with Crippen molar-refractivity contribution in [3.8, 4) is 11.5 Å². The molecule has 0 spiro atoms. The van der Waals surface area contributed by atoms with Gasteiger partial charge in [-0.05, 0) is 30.3 Å². The molecule has 8 nitrogen and oxygen atoms in total. The van der Waals surface area contributed by atoms with Gasteiger partial charge in [0.05, 0.1) is 23.6 Å². The summed E-state index contributed by atoms with van der Waals surface area (Å²) in [6.07, 6.45) is 5.04. The van der Waals surface area contributed by atoms with Crippen LogP contribution < -0.4 is 14.4 Å². The fraction of sp³-hybridized carbons (Fsp3) is 0.161. The quantitative estimate of drug-likeness (QED) is 0.315. The third-order valence-electron chi connectivity index (χ3n) is 7.86. The van der Waals surface area contributed by atoms with Crippen molar-refractivity contribution in [2.45, 2.75) is 12.1 Å². The van der Waals surface area contributed by atoms with Gasteiger partial charge < -0.3 is 14.4 Å². The zero-order valence-electron chi connectivity index (χ0n) is 20.9. The fourth-order valence-corrected chi connectivity index (χ4v) is 6.28. The van der Waals surface area contributed by atoms with E-state index in [0.717, 1.165) is 9.37 Å². The van der Waals surface area contributed by atoms with Crippen LogP contribution in [-0.2, 0) is 9.59 Å². The molecule has 4 unspecified atom stereocenters. The van der Waals surface area contributed by atoms with Gasteiger partial charge in [-0.1, -0.05) is 64.5 Å². The van der Waals surface area contributed by atoms with E-state index in [1.807, 2.05) is 6.07 Å². The van der Waals surface area contributed by atoms with Gasteiger partial charge in [0.25, 0.3) is 0 Å². The van der Waals surface area contributed by atoms with Gasteiger partial charge in [0, 0.05) is 33.4 Å². The highest BCUT2D eigenvalue weighted by Crippen LogP contribution is 2.48. The summed E-state index contributed by atoms with van der Waals surface area (Å²) in [5, 5.41) is 0. The molecule has 2 saturated heterocycles. The van der Waals surface area contributed by atoms with E-state index in [0.29, 0.717) is 33.9 Å². The number of benzene rings is 3. The molecule has 3 aromatic rings. The van der Waals surface area contributed by atoms with Crippen LogP contribution in [0.3, 0.4) is 0 Å². The Balaban J connectivity index is 1.30. The molecule has 198 valence electrons. The van der Waals surface area contributed by atoms with Crippen molar-refractivity contribution in [3.63, 3.8) is 0 Å². The van der Waals surface area contributed by atoms with E-state index in [2.05, 4.69) is 15.9 Å². The van der Waals surface area contributed by atoms with Gasteiger partial charge >= 0.3 is 0 Å². The molecule has 0 aromatic heterocycles. The zero-order chi connectivity index (χ0) is 27.5. The number of hydrogen-bond acceptors (Lipinski definition) is 7. The lowest BCUT2D eigenvalue weighted by atomic mass is 9.85. The summed E-state index contributed by atoms with van der Waals surface area (Å²) in [5.41, 5.74) is 1.70. The van der Waals surface area contributed by atoms with E-state index in [-0.39, 0.29) is 18.4 Å². The van der Waals surface area contributed by atoms with Crippen LogP contribution in [-0.4, -0.2) is 47.2 Å². The largest absolute Gasteiger partial charge is 0.454 e. The predicted octanol–water partition coefficient (Wildman–Crippen LogP) is 4.56. The molecule has 0 N–H and O–H groups in total. The van der Waals surface area contributed by atoms with Crippen molar-refractivity contribution in [1.82, 2.24) is 4.90 Å². The van der Waals surface area contributed by atoms with Crippen LogP contribution in [0.1, 0.15) is 20.7 Å². The average Bonchev–Trinajstić information content (AvgIpc) is 3.65. The second-order valence-corrected chi connectivity index (χ2v) is 10.9. The summed E-state index contributed by atoms with van der Waals surface area (Å²) in [5.74, 6) is -2.17. The smallest absolute Gasteiger partial charge is 0.240 e. The fourth-order valence-electron chi connectivity index (χ4n) is 6.02. The normalized spacial score (nSPS) is 24.2. The minimum Gasteiger partial charge on any atom is -0.454 e.